The van der Waals surface area contributed by atoms with Gasteiger partial charge in [0.2, 0.25) is 0 Å². The molecule has 1 aromatic rings. The molecule has 0 aliphatic heterocycles. The fourth-order valence-corrected chi connectivity index (χ4v) is 3.37. The monoisotopic (exact) mass is 280 g/mol. The van der Waals surface area contributed by atoms with Gasteiger partial charge in [-0.1, -0.05) is 32.6 Å². The molecule has 0 atom stereocenters. The van der Waals surface area contributed by atoms with Crippen LogP contribution < -0.4 is 0 Å². The summed E-state index contributed by atoms with van der Waals surface area (Å²) in [6.45, 7) is 3.73. The summed E-state index contributed by atoms with van der Waals surface area (Å²) in [4.78, 5) is 0. The largest absolute Gasteiger partial charge is 0.207 e. The molecule has 0 unspecified atom stereocenters. The minimum absolute atomic E-state index is 0.141. The lowest BCUT2D eigenvalue weighted by Crippen LogP contribution is -2.14. The molecular formula is C18H26F2. The Kier molecular flexibility index (Phi) is 5.56. The van der Waals surface area contributed by atoms with Crippen molar-refractivity contribution >= 4 is 0 Å². The van der Waals surface area contributed by atoms with Gasteiger partial charge in [-0.3, -0.25) is 0 Å². The van der Waals surface area contributed by atoms with E-state index in [4.69, 9.17) is 0 Å². The topological polar surface area (TPSA) is 0 Å². The number of rotatable bonds is 5. The van der Waals surface area contributed by atoms with E-state index in [1.54, 1.807) is 12.1 Å². The van der Waals surface area contributed by atoms with Crippen LogP contribution in [0.4, 0.5) is 8.78 Å². The molecule has 2 rings (SSSR count). The van der Waals surface area contributed by atoms with Crippen molar-refractivity contribution in [3.63, 3.8) is 0 Å². The second kappa shape index (κ2) is 7.19. The SMILES string of the molecule is CCCCCC1CCC(c2cc(F)c(C)c(F)c2)CC1. The molecule has 0 bridgehead atoms. The van der Waals surface area contributed by atoms with Gasteiger partial charge in [0.25, 0.3) is 0 Å². The molecule has 112 valence electrons. The van der Waals surface area contributed by atoms with Gasteiger partial charge in [0.15, 0.2) is 0 Å². The lowest BCUT2D eigenvalue weighted by molar-refractivity contribution is 0.302. The van der Waals surface area contributed by atoms with E-state index in [0.717, 1.165) is 24.3 Å². The molecule has 1 aromatic carbocycles. The minimum Gasteiger partial charge on any atom is -0.207 e. The number of hydrogen-bond donors (Lipinski definition) is 0. The van der Waals surface area contributed by atoms with E-state index in [1.165, 1.54) is 45.4 Å². The predicted molar refractivity (Wildman–Crippen MR) is 79.9 cm³/mol. The van der Waals surface area contributed by atoms with Gasteiger partial charge in [0.1, 0.15) is 11.6 Å². The van der Waals surface area contributed by atoms with E-state index in [0.29, 0.717) is 5.92 Å². The van der Waals surface area contributed by atoms with Gasteiger partial charge < -0.3 is 0 Å². The minimum atomic E-state index is -0.398. The molecule has 0 amide bonds. The highest BCUT2D eigenvalue weighted by molar-refractivity contribution is 5.28. The summed E-state index contributed by atoms with van der Waals surface area (Å²) in [6, 6.07) is 3.08. The van der Waals surface area contributed by atoms with Crippen LogP contribution in [0.5, 0.6) is 0 Å². The van der Waals surface area contributed by atoms with Crippen molar-refractivity contribution in [1.29, 1.82) is 0 Å². The fourth-order valence-electron chi connectivity index (χ4n) is 3.37. The quantitative estimate of drug-likeness (QED) is 0.569. The van der Waals surface area contributed by atoms with Crippen LogP contribution in [0.1, 0.15) is 75.3 Å². The van der Waals surface area contributed by atoms with Gasteiger partial charge in [-0.2, -0.15) is 0 Å². The molecule has 20 heavy (non-hydrogen) atoms. The number of unbranched alkanes of at least 4 members (excludes halogenated alkanes) is 2. The van der Waals surface area contributed by atoms with Gasteiger partial charge in [-0.05, 0) is 62.1 Å². The van der Waals surface area contributed by atoms with E-state index >= 15 is 0 Å². The molecule has 0 aromatic heterocycles. The summed E-state index contributed by atoms with van der Waals surface area (Å²) in [5.74, 6) is 0.384. The zero-order valence-electron chi connectivity index (χ0n) is 12.7. The van der Waals surface area contributed by atoms with Crippen LogP contribution in [0, 0.1) is 24.5 Å². The first-order chi connectivity index (χ1) is 9.61. The Morgan fingerprint density at radius 1 is 1.00 bits per heavy atom. The Morgan fingerprint density at radius 2 is 1.60 bits per heavy atom. The molecule has 0 N–H and O–H groups in total. The molecule has 0 heterocycles. The van der Waals surface area contributed by atoms with Crippen molar-refractivity contribution in [3.05, 3.63) is 34.9 Å². The lowest BCUT2D eigenvalue weighted by atomic mass is 9.77. The maximum atomic E-state index is 13.6. The summed E-state index contributed by atoms with van der Waals surface area (Å²) in [5, 5.41) is 0. The number of hydrogen-bond acceptors (Lipinski definition) is 0. The van der Waals surface area contributed by atoms with E-state index in [-0.39, 0.29) is 5.56 Å². The number of halogens is 2. The van der Waals surface area contributed by atoms with Crippen LogP contribution in [-0.2, 0) is 0 Å². The summed E-state index contributed by atoms with van der Waals surface area (Å²) < 4.78 is 27.3. The van der Waals surface area contributed by atoms with E-state index in [9.17, 15) is 8.78 Å². The third kappa shape index (κ3) is 3.80. The van der Waals surface area contributed by atoms with Crippen LogP contribution in [0.3, 0.4) is 0 Å². The van der Waals surface area contributed by atoms with E-state index < -0.39 is 11.6 Å². The first kappa shape index (κ1) is 15.5. The lowest BCUT2D eigenvalue weighted by Gasteiger charge is -2.29. The van der Waals surface area contributed by atoms with Crippen LogP contribution in [-0.4, -0.2) is 0 Å². The molecule has 0 radical (unpaired) electrons. The fraction of sp³-hybridized carbons (Fsp3) is 0.667. The third-order valence-electron chi connectivity index (χ3n) is 4.84. The molecule has 1 aliphatic carbocycles. The first-order valence-electron chi connectivity index (χ1n) is 8.07. The summed E-state index contributed by atoms with van der Waals surface area (Å²) in [7, 11) is 0. The van der Waals surface area contributed by atoms with Crippen molar-refractivity contribution in [2.75, 3.05) is 0 Å². The van der Waals surface area contributed by atoms with E-state index in [1.807, 2.05) is 0 Å². The van der Waals surface area contributed by atoms with Crippen molar-refractivity contribution < 1.29 is 8.78 Å². The van der Waals surface area contributed by atoms with Crippen molar-refractivity contribution in [1.82, 2.24) is 0 Å². The Balaban J connectivity index is 1.90. The average Bonchev–Trinajstić information content (AvgIpc) is 2.45. The molecular weight excluding hydrogens is 254 g/mol. The van der Waals surface area contributed by atoms with Crippen molar-refractivity contribution in [2.45, 2.75) is 71.1 Å². The molecule has 0 saturated heterocycles. The first-order valence-corrected chi connectivity index (χ1v) is 8.07. The Morgan fingerprint density at radius 3 is 2.15 bits per heavy atom. The molecule has 1 aliphatic rings. The normalized spacial score (nSPS) is 23.0. The molecule has 1 fully saturated rings. The molecule has 1 saturated carbocycles. The average molecular weight is 280 g/mol. The van der Waals surface area contributed by atoms with Gasteiger partial charge in [0.05, 0.1) is 0 Å². The highest BCUT2D eigenvalue weighted by Gasteiger charge is 2.23. The van der Waals surface area contributed by atoms with Crippen molar-refractivity contribution in [3.8, 4) is 0 Å². The second-order valence-corrected chi connectivity index (χ2v) is 6.32. The predicted octanol–water partition coefficient (Wildman–Crippen LogP) is 6.13. The second-order valence-electron chi connectivity index (χ2n) is 6.32. The van der Waals surface area contributed by atoms with Crippen LogP contribution in [0.2, 0.25) is 0 Å². The van der Waals surface area contributed by atoms with Gasteiger partial charge in [-0.15, -0.1) is 0 Å². The summed E-state index contributed by atoms with van der Waals surface area (Å²) >= 11 is 0. The Hall–Kier alpha value is -0.920. The van der Waals surface area contributed by atoms with Crippen LogP contribution >= 0.6 is 0 Å². The van der Waals surface area contributed by atoms with Gasteiger partial charge in [-0.25, -0.2) is 8.78 Å². The molecule has 2 heteroatoms. The molecule has 0 spiro atoms. The standard InChI is InChI=1S/C18H26F2/c1-3-4-5-6-14-7-9-15(10-8-14)16-11-17(19)13(2)18(20)12-16/h11-12,14-15H,3-10H2,1-2H3. The summed E-state index contributed by atoms with van der Waals surface area (Å²) in [6.07, 6.45) is 9.86. The van der Waals surface area contributed by atoms with E-state index in [2.05, 4.69) is 6.92 Å². The summed E-state index contributed by atoms with van der Waals surface area (Å²) in [5.41, 5.74) is 1.000. The number of benzene rings is 1. The van der Waals surface area contributed by atoms with Gasteiger partial charge in [0, 0.05) is 5.56 Å². The smallest absolute Gasteiger partial charge is 0.129 e. The zero-order chi connectivity index (χ0) is 14.5. The van der Waals surface area contributed by atoms with Crippen LogP contribution in [0.15, 0.2) is 12.1 Å². The maximum absolute atomic E-state index is 13.6. The van der Waals surface area contributed by atoms with Crippen molar-refractivity contribution in [2.24, 2.45) is 5.92 Å². The highest BCUT2D eigenvalue weighted by Crippen LogP contribution is 2.38. The molecule has 0 nitrogen and oxygen atoms in total. The maximum Gasteiger partial charge on any atom is 0.129 e. The van der Waals surface area contributed by atoms with Gasteiger partial charge >= 0.3 is 0 Å². The van der Waals surface area contributed by atoms with Crippen LogP contribution in [0.25, 0.3) is 0 Å². The zero-order valence-corrected chi connectivity index (χ0v) is 12.7. The Labute approximate surface area is 121 Å². The third-order valence-corrected chi connectivity index (χ3v) is 4.84. The highest BCUT2D eigenvalue weighted by atomic mass is 19.1. The Bertz CT molecular complexity index is 408.